The van der Waals surface area contributed by atoms with Crippen molar-refractivity contribution in [3.05, 3.63) is 69.9 Å². The van der Waals surface area contributed by atoms with E-state index in [1.165, 1.54) is 36.4 Å². The molecule has 164 valence electrons. The summed E-state index contributed by atoms with van der Waals surface area (Å²) in [5, 5.41) is 3.40. The van der Waals surface area contributed by atoms with E-state index in [0.29, 0.717) is 10.5 Å². The Morgan fingerprint density at radius 2 is 1.77 bits per heavy atom. The van der Waals surface area contributed by atoms with Gasteiger partial charge in [-0.3, -0.25) is 4.79 Å². The van der Waals surface area contributed by atoms with Gasteiger partial charge in [0.05, 0.1) is 21.0 Å². The Hall–Kier alpha value is -2.37. The Labute approximate surface area is 183 Å². The summed E-state index contributed by atoms with van der Waals surface area (Å²) in [6, 6.07) is 9.11. The molecule has 12 heteroatoms. The molecule has 0 spiro atoms. The topological polar surface area (TPSA) is 69.0 Å². The number of hydrogen-bond donors (Lipinski definition) is 0. The maximum atomic E-state index is 13.5. The molecular weight excluding hydrogens is 480 g/mol. The third kappa shape index (κ3) is 5.66. The van der Waals surface area contributed by atoms with Crippen LogP contribution in [0.2, 0.25) is 5.02 Å². The van der Waals surface area contributed by atoms with Crippen LogP contribution in [0.1, 0.15) is 0 Å². The van der Waals surface area contributed by atoms with Gasteiger partial charge >= 0.3 is 6.18 Å². The first-order valence-electron chi connectivity index (χ1n) is 8.45. The molecule has 31 heavy (non-hydrogen) atoms. The standard InChI is InChI=1S/C19H13ClF4N2O3S2/c1-31(28,29)13-5-2-11(3-6-13)14-9-25-26(10-19(22,23)24)18(27)17(14)30-12-4-7-16(21)15(20)8-12/h2-9H,10H2,1H3. The van der Waals surface area contributed by atoms with E-state index >= 15 is 0 Å². The quantitative estimate of drug-likeness (QED) is 0.478. The highest BCUT2D eigenvalue weighted by atomic mass is 35.5. The van der Waals surface area contributed by atoms with Crippen molar-refractivity contribution in [2.75, 3.05) is 6.26 Å². The highest BCUT2D eigenvalue weighted by molar-refractivity contribution is 7.99. The molecule has 5 nitrogen and oxygen atoms in total. The lowest BCUT2D eigenvalue weighted by molar-refractivity contribution is -0.143. The Kier molecular flexibility index (Phi) is 6.49. The average Bonchev–Trinajstić information content (AvgIpc) is 2.66. The van der Waals surface area contributed by atoms with E-state index in [1.807, 2.05) is 0 Å². The molecule has 0 amide bonds. The summed E-state index contributed by atoms with van der Waals surface area (Å²) >= 11 is 6.56. The normalized spacial score (nSPS) is 12.2. The number of sulfone groups is 1. The Balaban J connectivity index is 2.14. The lowest BCUT2D eigenvalue weighted by Gasteiger charge is -2.14. The van der Waals surface area contributed by atoms with Gasteiger partial charge in [0, 0.05) is 16.7 Å². The Bertz CT molecular complexity index is 1290. The van der Waals surface area contributed by atoms with E-state index in [1.54, 1.807) is 0 Å². The second kappa shape index (κ2) is 8.64. The first-order chi connectivity index (χ1) is 14.3. The predicted molar refractivity (Wildman–Crippen MR) is 109 cm³/mol. The van der Waals surface area contributed by atoms with E-state index in [2.05, 4.69) is 5.10 Å². The SMILES string of the molecule is CS(=O)(=O)c1ccc(-c2cnn(CC(F)(F)F)c(=O)c2Sc2ccc(F)c(Cl)c2)cc1. The van der Waals surface area contributed by atoms with E-state index in [4.69, 9.17) is 11.6 Å². The molecule has 0 fully saturated rings. The van der Waals surface area contributed by atoms with Crippen LogP contribution in [0, 0.1) is 5.82 Å². The van der Waals surface area contributed by atoms with Gasteiger partial charge in [-0.2, -0.15) is 18.3 Å². The molecule has 0 aliphatic heterocycles. The largest absolute Gasteiger partial charge is 0.408 e. The predicted octanol–water partition coefficient (Wildman–Crippen LogP) is 4.82. The van der Waals surface area contributed by atoms with Crippen molar-refractivity contribution in [3.63, 3.8) is 0 Å². The number of nitrogens with zero attached hydrogens (tertiary/aromatic N) is 2. The van der Waals surface area contributed by atoms with Gasteiger partial charge in [-0.1, -0.05) is 35.5 Å². The van der Waals surface area contributed by atoms with Crippen molar-refractivity contribution in [2.24, 2.45) is 0 Å². The summed E-state index contributed by atoms with van der Waals surface area (Å²) in [5.41, 5.74) is -0.451. The van der Waals surface area contributed by atoms with Gasteiger partial charge in [0.2, 0.25) is 0 Å². The smallest absolute Gasteiger partial charge is 0.266 e. The number of benzene rings is 2. The maximum Gasteiger partial charge on any atom is 0.408 e. The van der Waals surface area contributed by atoms with Crippen molar-refractivity contribution in [1.29, 1.82) is 0 Å². The molecule has 0 saturated carbocycles. The first kappa shape index (κ1) is 23.3. The zero-order valence-electron chi connectivity index (χ0n) is 15.7. The lowest BCUT2D eigenvalue weighted by atomic mass is 10.1. The van der Waals surface area contributed by atoms with Gasteiger partial charge in [-0.25, -0.2) is 17.5 Å². The van der Waals surface area contributed by atoms with Gasteiger partial charge in [0.15, 0.2) is 9.84 Å². The molecule has 0 saturated heterocycles. The summed E-state index contributed by atoms with van der Waals surface area (Å²) in [6.45, 7) is -1.59. The van der Waals surface area contributed by atoms with Crippen LogP contribution in [0.15, 0.2) is 68.1 Å². The molecule has 0 unspecified atom stereocenters. The van der Waals surface area contributed by atoms with Gasteiger partial charge in [0.25, 0.3) is 5.56 Å². The molecule has 2 aromatic carbocycles. The molecule has 0 bridgehead atoms. The van der Waals surface area contributed by atoms with Crippen molar-refractivity contribution in [1.82, 2.24) is 9.78 Å². The van der Waals surface area contributed by atoms with Crippen LogP contribution >= 0.6 is 23.4 Å². The summed E-state index contributed by atoms with van der Waals surface area (Å²) in [7, 11) is -3.47. The Morgan fingerprint density at radius 3 is 2.32 bits per heavy atom. The molecule has 1 heterocycles. The molecule has 0 aliphatic carbocycles. The molecule has 0 atom stereocenters. The lowest BCUT2D eigenvalue weighted by Crippen LogP contribution is -2.31. The van der Waals surface area contributed by atoms with E-state index in [-0.39, 0.29) is 25.1 Å². The monoisotopic (exact) mass is 492 g/mol. The van der Waals surface area contributed by atoms with Gasteiger partial charge in [-0.05, 0) is 35.9 Å². The van der Waals surface area contributed by atoms with Gasteiger partial charge in [0.1, 0.15) is 12.4 Å². The summed E-state index contributed by atoms with van der Waals surface area (Å²) < 4.78 is 75.6. The summed E-state index contributed by atoms with van der Waals surface area (Å²) in [5.74, 6) is -0.688. The summed E-state index contributed by atoms with van der Waals surface area (Å²) in [4.78, 5) is 13.1. The third-order valence-corrected chi connectivity index (χ3v) is 6.54. The first-order valence-corrected chi connectivity index (χ1v) is 11.5. The van der Waals surface area contributed by atoms with Crippen molar-refractivity contribution in [2.45, 2.75) is 27.4 Å². The molecule has 3 aromatic rings. The number of aromatic nitrogens is 2. The third-order valence-electron chi connectivity index (χ3n) is 4.03. The molecule has 1 aromatic heterocycles. The van der Waals surface area contributed by atoms with Crippen LogP contribution in [0.5, 0.6) is 0 Å². The van der Waals surface area contributed by atoms with E-state index in [0.717, 1.165) is 30.3 Å². The Morgan fingerprint density at radius 1 is 1.13 bits per heavy atom. The minimum absolute atomic E-state index is 0.0362. The zero-order valence-corrected chi connectivity index (χ0v) is 18.0. The van der Waals surface area contributed by atoms with Crippen LogP contribution in [0.3, 0.4) is 0 Å². The fourth-order valence-corrected chi connectivity index (χ4v) is 4.49. The molecule has 0 radical (unpaired) electrons. The number of rotatable bonds is 5. The number of hydrogen-bond acceptors (Lipinski definition) is 5. The van der Waals surface area contributed by atoms with Crippen LogP contribution in [0.4, 0.5) is 17.6 Å². The number of alkyl halides is 3. The second-order valence-electron chi connectivity index (χ2n) is 6.44. The molecular formula is C19H13ClF4N2O3S2. The molecule has 3 rings (SSSR count). The fraction of sp³-hybridized carbons (Fsp3) is 0.158. The van der Waals surface area contributed by atoms with Crippen molar-refractivity contribution >= 4 is 33.2 Å². The maximum absolute atomic E-state index is 13.5. The van der Waals surface area contributed by atoms with Crippen molar-refractivity contribution < 1.29 is 26.0 Å². The zero-order chi connectivity index (χ0) is 23.0. The van der Waals surface area contributed by atoms with Crippen LogP contribution < -0.4 is 5.56 Å². The van der Waals surface area contributed by atoms with E-state index < -0.39 is 33.9 Å². The van der Waals surface area contributed by atoms with Gasteiger partial charge in [-0.15, -0.1) is 0 Å². The average molecular weight is 493 g/mol. The second-order valence-corrected chi connectivity index (χ2v) is 9.95. The minimum Gasteiger partial charge on any atom is -0.266 e. The van der Waals surface area contributed by atoms with Crippen molar-refractivity contribution in [3.8, 4) is 11.1 Å². The molecule has 0 N–H and O–H groups in total. The fourth-order valence-electron chi connectivity index (χ4n) is 2.60. The number of halogens is 5. The van der Waals surface area contributed by atoms with Crippen LogP contribution in [-0.2, 0) is 16.4 Å². The van der Waals surface area contributed by atoms with E-state index in [9.17, 15) is 30.8 Å². The van der Waals surface area contributed by atoms with Crippen LogP contribution in [-0.4, -0.2) is 30.6 Å². The minimum atomic E-state index is -4.67. The summed E-state index contributed by atoms with van der Waals surface area (Å²) in [6.07, 6.45) is -2.55. The highest BCUT2D eigenvalue weighted by Gasteiger charge is 2.30. The van der Waals surface area contributed by atoms with Crippen LogP contribution in [0.25, 0.3) is 11.1 Å². The highest BCUT2D eigenvalue weighted by Crippen LogP contribution is 2.35. The van der Waals surface area contributed by atoms with Gasteiger partial charge < -0.3 is 0 Å². The molecule has 0 aliphatic rings.